The first-order valence-electron chi connectivity index (χ1n) is 5.40. The van der Waals surface area contributed by atoms with Crippen molar-refractivity contribution in [1.29, 1.82) is 0 Å². The van der Waals surface area contributed by atoms with Gasteiger partial charge in [0.15, 0.2) is 0 Å². The van der Waals surface area contributed by atoms with Crippen molar-refractivity contribution in [3.8, 4) is 0 Å². The Hall–Kier alpha value is -0.840. The van der Waals surface area contributed by atoms with Gasteiger partial charge in [0.05, 0.1) is 23.4 Å². The molecule has 1 aromatic rings. The van der Waals surface area contributed by atoms with Crippen LogP contribution in [0, 0.1) is 0 Å². The Morgan fingerprint density at radius 3 is 3.19 bits per heavy atom. The predicted octanol–water partition coefficient (Wildman–Crippen LogP) is 1.29. The minimum absolute atomic E-state index is 0.0837. The van der Waals surface area contributed by atoms with Gasteiger partial charge in [0.2, 0.25) is 0 Å². The molecule has 4 nitrogen and oxygen atoms in total. The van der Waals surface area contributed by atoms with E-state index in [0.717, 1.165) is 12.2 Å². The van der Waals surface area contributed by atoms with Crippen LogP contribution >= 0.6 is 11.6 Å². The third-order valence-electron chi connectivity index (χ3n) is 2.83. The molecule has 0 aliphatic carbocycles. The third-order valence-corrected chi connectivity index (χ3v) is 3.12. The minimum Gasteiger partial charge on any atom is -0.373 e. The van der Waals surface area contributed by atoms with Gasteiger partial charge >= 0.3 is 0 Å². The number of nitrogens with two attached hydrogens (primary N) is 1. The molecule has 2 heterocycles. The minimum atomic E-state index is 0.0837. The quantitative estimate of drug-likeness (QED) is 0.848. The first kappa shape index (κ1) is 11.6. The lowest BCUT2D eigenvalue weighted by Gasteiger charge is -2.39. The van der Waals surface area contributed by atoms with Crippen LogP contribution in [0.25, 0.3) is 0 Å². The van der Waals surface area contributed by atoms with Crippen LogP contribution in [0.1, 0.15) is 6.92 Å². The molecule has 88 valence electrons. The summed E-state index contributed by atoms with van der Waals surface area (Å²) in [5.41, 5.74) is 6.64. The van der Waals surface area contributed by atoms with E-state index in [1.54, 1.807) is 12.4 Å². The molecule has 1 aliphatic heterocycles. The normalized spacial score (nSPS) is 25.8. The van der Waals surface area contributed by atoms with Crippen molar-refractivity contribution < 1.29 is 4.74 Å². The number of halogens is 1. The Bertz CT molecular complexity index is 361. The van der Waals surface area contributed by atoms with Gasteiger partial charge in [-0.15, -0.1) is 0 Å². The Balaban J connectivity index is 2.21. The third kappa shape index (κ3) is 2.29. The molecule has 2 rings (SSSR count). The zero-order valence-corrected chi connectivity index (χ0v) is 10.0. The molecule has 1 aromatic heterocycles. The molecule has 5 heteroatoms. The highest BCUT2D eigenvalue weighted by atomic mass is 35.5. The molecule has 2 N–H and O–H groups in total. The second kappa shape index (κ2) is 4.99. The van der Waals surface area contributed by atoms with Crippen LogP contribution < -0.4 is 10.6 Å². The smallest absolute Gasteiger partial charge is 0.0872 e. The van der Waals surface area contributed by atoms with Crippen LogP contribution in [0.2, 0.25) is 5.02 Å². The van der Waals surface area contributed by atoms with E-state index in [2.05, 4.69) is 16.8 Å². The number of hydrogen-bond acceptors (Lipinski definition) is 4. The Morgan fingerprint density at radius 2 is 2.50 bits per heavy atom. The first-order chi connectivity index (χ1) is 7.72. The number of rotatable bonds is 2. The molecule has 0 radical (unpaired) electrons. The lowest BCUT2D eigenvalue weighted by molar-refractivity contribution is 0.0283. The Kier molecular flexibility index (Phi) is 3.63. The second-order valence-electron chi connectivity index (χ2n) is 4.02. The van der Waals surface area contributed by atoms with Gasteiger partial charge in [-0.25, -0.2) is 0 Å². The molecule has 0 bridgehead atoms. The summed E-state index contributed by atoms with van der Waals surface area (Å²) in [7, 11) is 0. The SMILES string of the molecule is CC1COC(CN)CN1c1ccncc1Cl. The summed E-state index contributed by atoms with van der Waals surface area (Å²) in [6.45, 7) is 4.11. The molecule has 2 unspecified atom stereocenters. The van der Waals surface area contributed by atoms with E-state index in [0.29, 0.717) is 24.2 Å². The summed E-state index contributed by atoms with van der Waals surface area (Å²) in [5.74, 6) is 0. The molecule has 16 heavy (non-hydrogen) atoms. The number of ether oxygens (including phenoxy) is 1. The van der Waals surface area contributed by atoms with E-state index in [-0.39, 0.29) is 6.10 Å². The molecule has 1 fully saturated rings. The number of hydrogen-bond donors (Lipinski definition) is 1. The van der Waals surface area contributed by atoms with Gasteiger partial charge in [0, 0.05) is 31.5 Å². The van der Waals surface area contributed by atoms with Gasteiger partial charge in [-0.3, -0.25) is 4.98 Å². The maximum absolute atomic E-state index is 6.14. The van der Waals surface area contributed by atoms with Gasteiger partial charge in [-0.1, -0.05) is 11.6 Å². The van der Waals surface area contributed by atoms with Crippen molar-refractivity contribution in [1.82, 2.24) is 4.98 Å². The summed E-state index contributed by atoms with van der Waals surface area (Å²) in [6.07, 6.45) is 3.50. The molecule has 2 atom stereocenters. The van der Waals surface area contributed by atoms with Crippen molar-refractivity contribution in [3.63, 3.8) is 0 Å². The predicted molar refractivity (Wildman–Crippen MR) is 64.8 cm³/mol. The molecule has 1 saturated heterocycles. The summed E-state index contributed by atoms with van der Waals surface area (Å²) in [4.78, 5) is 6.22. The van der Waals surface area contributed by atoms with E-state index < -0.39 is 0 Å². The highest BCUT2D eigenvalue weighted by Gasteiger charge is 2.26. The summed E-state index contributed by atoms with van der Waals surface area (Å²) < 4.78 is 5.61. The lowest BCUT2D eigenvalue weighted by Crippen LogP contribution is -2.50. The number of pyridine rings is 1. The van der Waals surface area contributed by atoms with Crippen LogP contribution in [0.15, 0.2) is 18.5 Å². The highest BCUT2D eigenvalue weighted by Crippen LogP contribution is 2.28. The average molecular weight is 242 g/mol. The topological polar surface area (TPSA) is 51.4 Å². The lowest BCUT2D eigenvalue weighted by atomic mass is 10.1. The van der Waals surface area contributed by atoms with Crippen LogP contribution in [0.3, 0.4) is 0 Å². The standard InChI is InChI=1S/C11H16ClN3O/c1-8-7-16-9(4-13)6-15(8)11-2-3-14-5-10(11)12/h2-3,5,8-9H,4,6-7,13H2,1H3. The highest BCUT2D eigenvalue weighted by molar-refractivity contribution is 6.33. The fraction of sp³-hybridized carbons (Fsp3) is 0.545. The van der Waals surface area contributed by atoms with Crippen LogP contribution in [0.4, 0.5) is 5.69 Å². The maximum Gasteiger partial charge on any atom is 0.0872 e. The molecule has 0 aromatic carbocycles. The Labute approximate surface area is 100 Å². The second-order valence-corrected chi connectivity index (χ2v) is 4.43. The van der Waals surface area contributed by atoms with E-state index in [4.69, 9.17) is 22.1 Å². The van der Waals surface area contributed by atoms with Gasteiger partial charge in [0.1, 0.15) is 0 Å². The molecular weight excluding hydrogens is 226 g/mol. The average Bonchev–Trinajstić information content (AvgIpc) is 2.31. The van der Waals surface area contributed by atoms with E-state index in [9.17, 15) is 0 Å². The van der Waals surface area contributed by atoms with Crippen LogP contribution in [-0.2, 0) is 4.74 Å². The fourth-order valence-electron chi connectivity index (χ4n) is 1.90. The van der Waals surface area contributed by atoms with E-state index in [1.807, 2.05) is 6.07 Å². The van der Waals surface area contributed by atoms with Crippen molar-refractivity contribution >= 4 is 17.3 Å². The largest absolute Gasteiger partial charge is 0.373 e. The van der Waals surface area contributed by atoms with Crippen molar-refractivity contribution in [2.24, 2.45) is 5.73 Å². The first-order valence-corrected chi connectivity index (χ1v) is 5.78. The van der Waals surface area contributed by atoms with Crippen molar-refractivity contribution in [3.05, 3.63) is 23.5 Å². The molecular formula is C11H16ClN3O. The zero-order valence-electron chi connectivity index (χ0n) is 9.27. The van der Waals surface area contributed by atoms with Gasteiger partial charge in [0.25, 0.3) is 0 Å². The van der Waals surface area contributed by atoms with E-state index >= 15 is 0 Å². The van der Waals surface area contributed by atoms with Gasteiger partial charge < -0.3 is 15.4 Å². The number of nitrogens with zero attached hydrogens (tertiary/aromatic N) is 2. The fourth-order valence-corrected chi connectivity index (χ4v) is 2.12. The molecule has 1 aliphatic rings. The summed E-state index contributed by atoms with van der Waals surface area (Å²) >= 11 is 6.14. The van der Waals surface area contributed by atoms with Crippen molar-refractivity contribution in [2.75, 3.05) is 24.6 Å². The van der Waals surface area contributed by atoms with Crippen LogP contribution in [0.5, 0.6) is 0 Å². The van der Waals surface area contributed by atoms with Crippen LogP contribution in [-0.4, -0.2) is 36.8 Å². The Morgan fingerprint density at radius 1 is 1.69 bits per heavy atom. The molecule has 0 spiro atoms. The number of morpholine rings is 1. The molecule has 0 saturated carbocycles. The molecule has 0 amide bonds. The van der Waals surface area contributed by atoms with Crippen molar-refractivity contribution in [2.45, 2.75) is 19.1 Å². The van der Waals surface area contributed by atoms with E-state index in [1.165, 1.54) is 0 Å². The monoisotopic (exact) mass is 241 g/mol. The number of aromatic nitrogens is 1. The number of anilines is 1. The van der Waals surface area contributed by atoms with Gasteiger partial charge in [-0.2, -0.15) is 0 Å². The summed E-state index contributed by atoms with van der Waals surface area (Å²) in [6, 6.07) is 2.24. The summed E-state index contributed by atoms with van der Waals surface area (Å²) in [5, 5.41) is 0.673. The zero-order chi connectivity index (χ0) is 11.5. The van der Waals surface area contributed by atoms with Gasteiger partial charge in [-0.05, 0) is 13.0 Å². The maximum atomic E-state index is 6.14.